The Balaban J connectivity index is 2.13. The number of halogens is 1. The van der Waals surface area contributed by atoms with Gasteiger partial charge in [0.2, 0.25) is 0 Å². The van der Waals surface area contributed by atoms with E-state index in [9.17, 15) is 0 Å². The molecule has 1 aromatic rings. The molecule has 2 atom stereocenters. The van der Waals surface area contributed by atoms with Gasteiger partial charge in [-0.15, -0.1) is 0 Å². The summed E-state index contributed by atoms with van der Waals surface area (Å²) in [6.07, 6.45) is 2.36. The molecular weight excluding hydrogens is 276 g/mol. The van der Waals surface area contributed by atoms with Crippen molar-refractivity contribution in [2.75, 3.05) is 20.2 Å². The molecule has 2 heterocycles. The highest BCUT2D eigenvalue weighted by molar-refractivity contribution is 6.31. The molecule has 1 aliphatic rings. The Bertz CT molecular complexity index is 449. The zero-order valence-electron chi connectivity index (χ0n) is 12.6. The van der Waals surface area contributed by atoms with E-state index in [0.717, 1.165) is 48.9 Å². The molecule has 0 amide bonds. The summed E-state index contributed by atoms with van der Waals surface area (Å²) in [7, 11) is 1.78. The lowest BCUT2D eigenvalue weighted by Gasteiger charge is -2.38. The predicted octanol–water partition coefficient (Wildman–Crippen LogP) is 1.80. The van der Waals surface area contributed by atoms with Gasteiger partial charge in [0.15, 0.2) is 0 Å². The highest BCUT2D eigenvalue weighted by Crippen LogP contribution is 2.26. The summed E-state index contributed by atoms with van der Waals surface area (Å²) in [6.45, 7) is 7.33. The molecule has 0 aliphatic carbocycles. The number of aromatic nitrogens is 2. The second kappa shape index (κ2) is 6.89. The number of ether oxygens (including phenoxy) is 1. The van der Waals surface area contributed by atoms with Gasteiger partial charge in [0.05, 0.1) is 22.5 Å². The number of methoxy groups -OCH3 is 1. The van der Waals surface area contributed by atoms with E-state index in [1.165, 1.54) is 0 Å². The quantitative estimate of drug-likeness (QED) is 0.901. The van der Waals surface area contributed by atoms with Gasteiger partial charge < -0.3 is 10.5 Å². The number of hydrogen-bond acceptors (Lipinski definition) is 4. The second-order valence-corrected chi connectivity index (χ2v) is 5.78. The molecule has 1 saturated heterocycles. The van der Waals surface area contributed by atoms with E-state index in [-0.39, 0.29) is 0 Å². The van der Waals surface area contributed by atoms with Crippen LogP contribution in [0.2, 0.25) is 5.02 Å². The van der Waals surface area contributed by atoms with E-state index in [0.29, 0.717) is 18.7 Å². The van der Waals surface area contributed by atoms with Crippen molar-refractivity contribution in [3.8, 4) is 0 Å². The number of likely N-dealkylation sites (tertiary alicyclic amines) is 1. The SMILES string of the molecule is CCn1nc(C)c(Cl)c1CN1CCC(OC)CC1CN. The van der Waals surface area contributed by atoms with Crippen molar-refractivity contribution in [2.24, 2.45) is 5.73 Å². The van der Waals surface area contributed by atoms with Gasteiger partial charge in [0, 0.05) is 39.3 Å². The second-order valence-electron chi connectivity index (χ2n) is 5.40. The van der Waals surface area contributed by atoms with E-state index in [2.05, 4.69) is 16.9 Å². The highest BCUT2D eigenvalue weighted by Gasteiger charge is 2.29. The van der Waals surface area contributed by atoms with Crippen LogP contribution in [0.4, 0.5) is 0 Å². The Morgan fingerprint density at radius 2 is 2.25 bits per heavy atom. The molecule has 0 bridgehead atoms. The minimum atomic E-state index is 0.327. The maximum absolute atomic E-state index is 6.39. The summed E-state index contributed by atoms with van der Waals surface area (Å²) in [5, 5.41) is 5.27. The smallest absolute Gasteiger partial charge is 0.0860 e. The molecule has 114 valence electrons. The molecule has 0 aromatic carbocycles. The summed E-state index contributed by atoms with van der Waals surface area (Å²) in [5.74, 6) is 0. The summed E-state index contributed by atoms with van der Waals surface area (Å²) < 4.78 is 7.46. The van der Waals surface area contributed by atoms with Crippen LogP contribution in [0.15, 0.2) is 0 Å². The third kappa shape index (κ3) is 3.17. The number of piperidine rings is 1. The Labute approximate surface area is 126 Å². The van der Waals surface area contributed by atoms with E-state index < -0.39 is 0 Å². The lowest BCUT2D eigenvalue weighted by Crippen LogP contribution is -2.48. The monoisotopic (exact) mass is 300 g/mol. The molecule has 1 aromatic heterocycles. The number of hydrogen-bond donors (Lipinski definition) is 1. The molecule has 2 unspecified atom stereocenters. The van der Waals surface area contributed by atoms with Crippen molar-refractivity contribution in [1.82, 2.24) is 14.7 Å². The largest absolute Gasteiger partial charge is 0.381 e. The van der Waals surface area contributed by atoms with Gasteiger partial charge in [-0.2, -0.15) is 5.10 Å². The van der Waals surface area contributed by atoms with Gasteiger partial charge in [0.25, 0.3) is 0 Å². The molecule has 0 saturated carbocycles. The van der Waals surface area contributed by atoms with Crippen LogP contribution in [0.5, 0.6) is 0 Å². The summed E-state index contributed by atoms with van der Waals surface area (Å²) in [6, 6.07) is 0.352. The molecule has 20 heavy (non-hydrogen) atoms. The van der Waals surface area contributed by atoms with Crippen molar-refractivity contribution >= 4 is 11.6 Å². The third-order valence-electron chi connectivity index (χ3n) is 4.20. The Morgan fingerprint density at radius 3 is 2.85 bits per heavy atom. The first-order valence-corrected chi connectivity index (χ1v) is 7.67. The van der Waals surface area contributed by atoms with Crippen molar-refractivity contribution in [3.05, 3.63) is 16.4 Å². The fourth-order valence-corrected chi connectivity index (χ4v) is 3.14. The highest BCUT2D eigenvalue weighted by atomic mass is 35.5. The maximum atomic E-state index is 6.39. The third-order valence-corrected chi connectivity index (χ3v) is 4.69. The summed E-state index contributed by atoms with van der Waals surface area (Å²) >= 11 is 6.39. The minimum Gasteiger partial charge on any atom is -0.381 e. The van der Waals surface area contributed by atoms with E-state index in [4.69, 9.17) is 22.1 Å². The number of nitrogens with zero attached hydrogens (tertiary/aromatic N) is 3. The molecule has 1 aliphatic heterocycles. The summed E-state index contributed by atoms with van der Waals surface area (Å²) in [4.78, 5) is 2.41. The standard InChI is InChI=1S/C14H25ClN4O/c1-4-19-13(14(15)10(2)17-19)9-18-6-5-12(20-3)7-11(18)8-16/h11-12H,4-9,16H2,1-3H3. The zero-order chi connectivity index (χ0) is 14.7. The van der Waals surface area contributed by atoms with Gasteiger partial charge in [-0.3, -0.25) is 9.58 Å². The Hall–Kier alpha value is -0.620. The van der Waals surface area contributed by atoms with Crippen LogP contribution in [0.1, 0.15) is 31.2 Å². The van der Waals surface area contributed by atoms with Gasteiger partial charge >= 0.3 is 0 Å². The van der Waals surface area contributed by atoms with Crippen molar-refractivity contribution in [2.45, 2.75) is 51.9 Å². The fourth-order valence-electron chi connectivity index (χ4n) is 2.94. The van der Waals surface area contributed by atoms with Gasteiger partial charge in [0.1, 0.15) is 0 Å². The van der Waals surface area contributed by atoms with E-state index in [1.807, 2.05) is 11.6 Å². The molecular formula is C14H25ClN4O. The molecule has 0 radical (unpaired) electrons. The van der Waals surface area contributed by atoms with Crippen LogP contribution in [0.3, 0.4) is 0 Å². The molecule has 0 spiro atoms. The van der Waals surface area contributed by atoms with Gasteiger partial charge in [-0.1, -0.05) is 11.6 Å². The van der Waals surface area contributed by atoms with E-state index >= 15 is 0 Å². The van der Waals surface area contributed by atoms with Crippen molar-refractivity contribution in [3.63, 3.8) is 0 Å². The molecule has 1 fully saturated rings. The molecule has 2 N–H and O–H groups in total. The fraction of sp³-hybridized carbons (Fsp3) is 0.786. The van der Waals surface area contributed by atoms with Crippen LogP contribution in [-0.2, 0) is 17.8 Å². The first-order valence-electron chi connectivity index (χ1n) is 7.29. The normalized spacial score (nSPS) is 24.2. The average molecular weight is 301 g/mol. The van der Waals surface area contributed by atoms with Crippen LogP contribution in [0.25, 0.3) is 0 Å². The zero-order valence-corrected chi connectivity index (χ0v) is 13.4. The van der Waals surface area contributed by atoms with Crippen LogP contribution < -0.4 is 5.73 Å². The van der Waals surface area contributed by atoms with Gasteiger partial charge in [-0.05, 0) is 26.7 Å². The van der Waals surface area contributed by atoms with Crippen LogP contribution >= 0.6 is 11.6 Å². The van der Waals surface area contributed by atoms with Crippen LogP contribution in [-0.4, -0.2) is 47.0 Å². The average Bonchev–Trinajstić information content (AvgIpc) is 2.75. The van der Waals surface area contributed by atoms with E-state index in [1.54, 1.807) is 7.11 Å². The maximum Gasteiger partial charge on any atom is 0.0860 e. The van der Waals surface area contributed by atoms with Crippen LogP contribution in [0, 0.1) is 6.92 Å². The number of rotatable bonds is 5. The van der Waals surface area contributed by atoms with Gasteiger partial charge in [-0.25, -0.2) is 0 Å². The number of nitrogens with two attached hydrogens (primary N) is 1. The predicted molar refractivity (Wildman–Crippen MR) is 80.9 cm³/mol. The molecule has 2 rings (SSSR count). The summed E-state index contributed by atoms with van der Waals surface area (Å²) in [5.41, 5.74) is 7.93. The lowest BCUT2D eigenvalue weighted by atomic mass is 9.99. The lowest BCUT2D eigenvalue weighted by molar-refractivity contribution is 0.00934. The first-order chi connectivity index (χ1) is 9.60. The first kappa shape index (κ1) is 15.8. The molecule has 6 heteroatoms. The molecule has 5 nitrogen and oxygen atoms in total. The van der Waals surface area contributed by atoms with Crippen molar-refractivity contribution < 1.29 is 4.74 Å². The number of aryl methyl sites for hydroxylation is 2. The minimum absolute atomic E-state index is 0.327. The topological polar surface area (TPSA) is 56.3 Å². The van der Waals surface area contributed by atoms with Crippen molar-refractivity contribution in [1.29, 1.82) is 0 Å². The Kier molecular flexibility index (Phi) is 5.43. The Morgan fingerprint density at radius 1 is 1.50 bits per heavy atom.